The first-order valence-electron chi connectivity index (χ1n) is 9.51. The molecular formula is C22H27NO5. The molecule has 0 spiro atoms. The van der Waals surface area contributed by atoms with E-state index < -0.39 is 5.97 Å². The van der Waals surface area contributed by atoms with Gasteiger partial charge in [-0.15, -0.1) is 0 Å². The summed E-state index contributed by atoms with van der Waals surface area (Å²) >= 11 is 0. The van der Waals surface area contributed by atoms with Crippen LogP contribution in [0.15, 0.2) is 48.5 Å². The summed E-state index contributed by atoms with van der Waals surface area (Å²) in [7, 11) is 0. The summed E-state index contributed by atoms with van der Waals surface area (Å²) < 4.78 is 16.5. The molecule has 0 bridgehead atoms. The first-order valence-corrected chi connectivity index (χ1v) is 9.51. The molecule has 2 aromatic carbocycles. The van der Waals surface area contributed by atoms with Crippen LogP contribution in [0.5, 0.6) is 11.5 Å². The molecule has 150 valence electrons. The number of nitrogens with one attached hydrogen (secondary N) is 1. The second-order valence-corrected chi connectivity index (χ2v) is 6.19. The summed E-state index contributed by atoms with van der Waals surface area (Å²) in [5, 5.41) is 2.57. The molecule has 0 aromatic heterocycles. The molecule has 28 heavy (non-hydrogen) atoms. The Kier molecular flexibility index (Phi) is 8.85. The van der Waals surface area contributed by atoms with Crippen LogP contribution in [0.3, 0.4) is 0 Å². The minimum Gasteiger partial charge on any atom is -0.490 e. The zero-order valence-corrected chi connectivity index (χ0v) is 16.4. The van der Waals surface area contributed by atoms with Crippen LogP contribution < -0.4 is 14.8 Å². The van der Waals surface area contributed by atoms with Gasteiger partial charge in [0.2, 0.25) is 0 Å². The molecule has 0 saturated carbocycles. The van der Waals surface area contributed by atoms with E-state index in [4.69, 9.17) is 14.2 Å². The number of ether oxygens (including phenoxy) is 3. The van der Waals surface area contributed by atoms with Gasteiger partial charge in [0.25, 0.3) is 5.91 Å². The minimum absolute atomic E-state index is 0.175. The summed E-state index contributed by atoms with van der Waals surface area (Å²) in [6.07, 6.45) is 1.72. The Bertz CT molecular complexity index is 761. The van der Waals surface area contributed by atoms with Crippen molar-refractivity contribution in [1.29, 1.82) is 0 Å². The molecule has 6 heteroatoms. The molecule has 1 amide bonds. The van der Waals surface area contributed by atoms with Crippen molar-refractivity contribution in [1.82, 2.24) is 5.32 Å². The van der Waals surface area contributed by atoms with Crippen molar-refractivity contribution in [2.75, 3.05) is 19.8 Å². The van der Waals surface area contributed by atoms with Gasteiger partial charge in [0.05, 0.1) is 13.2 Å². The predicted molar refractivity (Wildman–Crippen MR) is 107 cm³/mol. The normalized spacial score (nSPS) is 10.2. The van der Waals surface area contributed by atoms with Crippen molar-refractivity contribution in [2.45, 2.75) is 33.3 Å². The van der Waals surface area contributed by atoms with Gasteiger partial charge in [-0.25, -0.2) is 0 Å². The van der Waals surface area contributed by atoms with Crippen molar-refractivity contribution >= 4 is 11.9 Å². The Morgan fingerprint density at radius 3 is 2.25 bits per heavy atom. The number of amides is 1. The highest BCUT2D eigenvalue weighted by molar-refractivity contribution is 5.96. The molecule has 2 aromatic rings. The van der Waals surface area contributed by atoms with Crippen LogP contribution in [0.1, 0.15) is 42.6 Å². The average Bonchev–Trinajstić information content (AvgIpc) is 2.74. The van der Waals surface area contributed by atoms with E-state index in [1.54, 1.807) is 18.2 Å². The molecule has 0 unspecified atom stereocenters. The standard InChI is InChI=1S/C22H27NO5/c1-3-12-26-19-11-10-18(14-20(19)27-13-4-2)22(25)23-15-21(24)28-16-17-8-6-5-7-9-17/h5-11,14H,3-4,12-13,15-16H2,1-2H3,(H,23,25). The second-order valence-electron chi connectivity index (χ2n) is 6.19. The number of rotatable bonds is 11. The van der Waals surface area contributed by atoms with Gasteiger partial charge >= 0.3 is 5.97 Å². The third-order valence-electron chi connectivity index (χ3n) is 3.77. The molecule has 0 atom stereocenters. The largest absolute Gasteiger partial charge is 0.490 e. The summed E-state index contributed by atoms with van der Waals surface area (Å²) in [5.41, 5.74) is 1.29. The highest BCUT2D eigenvalue weighted by Crippen LogP contribution is 2.28. The Balaban J connectivity index is 1.90. The third kappa shape index (κ3) is 6.95. The summed E-state index contributed by atoms with van der Waals surface area (Å²) in [6, 6.07) is 14.4. The molecule has 0 fully saturated rings. The molecular weight excluding hydrogens is 358 g/mol. The van der Waals surface area contributed by atoms with E-state index in [-0.39, 0.29) is 19.1 Å². The van der Waals surface area contributed by atoms with E-state index in [1.807, 2.05) is 44.2 Å². The number of hydrogen-bond donors (Lipinski definition) is 1. The molecule has 0 aliphatic heterocycles. The van der Waals surface area contributed by atoms with Crippen molar-refractivity contribution < 1.29 is 23.8 Å². The number of hydrogen-bond acceptors (Lipinski definition) is 5. The van der Waals surface area contributed by atoms with Gasteiger partial charge in [-0.05, 0) is 36.6 Å². The zero-order chi connectivity index (χ0) is 20.2. The Hall–Kier alpha value is -3.02. The molecule has 2 rings (SSSR count). The lowest BCUT2D eigenvalue weighted by atomic mass is 10.2. The summed E-state index contributed by atoms with van der Waals surface area (Å²) in [5.74, 6) is 0.256. The van der Waals surface area contributed by atoms with Crippen LogP contribution in [-0.4, -0.2) is 31.6 Å². The number of esters is 1. The van der Waals surface area contributed by atoms with Gasteiger partial charge < -0.3 is 19.5 Å². The van der Waals surface area contributed by atoms with Crippen LogP contribution >= 0.6 is 0 Å². The van der Waals surface area contributed by atoms with E-state index in [2.05, 4.69) is 5.32 Å². The minimum atomic E-state index is -0.498. The van der Waals surface area contributed by atoms with Gasteiger partial charge in [-0.3, -0.25) is 9.59 Å². The zero-order valence-electron chi connectivity index (χ0n) is 16.4. The maximum Gasteiger partial charge on any atom is 0.325 e. The number of carbonyl (C=O) groups is 2. The first kappa shape index (κ1) is 21.3. The van der Waals surface area contributed by atoms with Crippen molar-refractivity contribution in [3.63, 3.8) is 0 Å². The van der Waals surface area contributed by atoms with Crippen molar-refractivity contribution in [3.8, 4) is 11.5 Å². The van der Waals surface area contributed by atoms with Gasteiger partial charge in [-0.2, -0.15) is 0 Å². The highest BCUT2D eigenvalue weighted by Gasteiger charge is 2.13. The van der Waals surface area contributed by atoms with Gasteiger partial charge in [-0.1, -0.05) is 44.2 Å². The van der Waals surface area contributed by atoms with Crippen LogP contribution in [0.2, 0.25) is 0 Å². The van der Waals surface area contributed by atoms with E-state index in [9.17, 15) is 9.59 Å². The van der Waals surface area contributed by atoms with Crippen LogP contribution in [0, 0.1) is 0 Å². The maximum absolute atomic E-state index is 12.4. The number of benzene rings is 2. The second kappa shape index (κ2) is 11.6. The molecule has 1 N–H and O–H groups in total. The lowest BCUT2D eigenvalue weighted by Crippen LogP contribution is -2.30. The van der Waals surface area contributed by atoms with Gasteiger partial charge in [0.1, 0.15) is 13.2 Å². The number of carbonyl (C=O) groups excluding carboxylic acids is 2. The molecule has 0 heterocycles. The summed E-state index contributed by atoms with van der Waals surface area (Å²) in [4.78, 5) is 24.2. The topological polar surface area (TPSA) is 73.9 Å². The quantitative estimate of drug-likeness (QED) is 0.597. The van der Waals surface area contributed by atoms with Crippen molar-refractivity contribution in [3.05, 3.63) is 59.7 Å². The fourth-order valence-electron chi connectivity index (χ4n) is 2.35. The summed E-state index contributed by atoms with van der Waals surface area (Å²) in [6.45, 7) is 5.09. The van der Waals surface area contributed by atoms with Crippen molar-refractivity contribution in [2.24, 2.45) is 0 Å². The fourth-order valence-corrected chi connectivity index (χ4v) is 2.35. The monoisotopic (exact) mass is 385 g/mol. The molecule has 0 aliphatic rings. The van der Waals surface area contributed by atoms with Crippen LogP contribution in [-0.2, 0) is 16.1 Å². The average molecular weight is 385 g/mol. The smallest absolute Gasteiger partial charge is 0.325 e. The van der Waals surface area contributed by atoms with E-state index in [1.165, 1.54) is 0 Å². The van der Waals surface area contributed by atoms with E-state index >= 15 is 0 Å². The van der Waals surface area contributed by atoms with Crippen LogP contribution in [0.25, 0.3) is 0 Å². The Morgan fingerprint density at radius 1 is 0.893 bits per heavy atom. The highest BCUT2D eigenvalue weighted by atomic mass is 16.5. The fraction of sp³-hybridized carbons (Fsp3) is 0.364. The SMILES string of the molecule is CCCOc1ccc(C(=O)NCC(=O)OCc2ccccc2)cc1OCCC. The maximum atomic E-state index is 12.4. The molecule has 6 nitrogen and oxygen atoms in total. The van der Waals surface area contributed by atoms with Gasteiger partial charge in [0, 0.05) is 5.56 Å². The van der Waals surface area contributed by atoms with Gasteiger partial charge in [0.15, 0.2) is 11.5 Å². The van der Waals surface area contributed by atoms with E-state index in [0.717, 1.165) is 18.4 Å². The van der Waals surface area contributed by atoms with E-state index in [0.29, 0.717) is 30.3 Å². The Labute approximate surface area is 165 Å². The molecule has 0 radical (unpaired) electrons. The van der Waals surface area contributed by atoms with Crippen LogP contribution in [0.4, 0.5) is 0 Å². The molecule has 0 saturated heterocycles. The third-order valence-corrected chi connectivity index (χ3v) is 3.77. The predicted octanol–water partition coefficient (Wildman–Crippen LogP) is 3.74. The first-order chi connectivity index (χ1) is 13.6. The lowest BCUT2D eigenvalue weighted by Gasteiger charge is -2.13. The molecule has 0 aliphatic carbocycles. The lowest BCUT2D eigenvalue weighted by molar-refractivity contribution is -0.143. The Morgan fingerprint density at radius 2 is 1.57 bits per heavy atom.